The minimum atomic E-state index is -1.70. The number of anilines is 1. The minimum Gasteiger partial charge on any atom is -0.432 e. The number of Topliss-reactive ketones (excluding diaryl/α,β-unsaturated/α-hetero) is 1. The number of nitrogens with one attached hydrogen (secondary N) is 1. The number of fused-ring (bicyclic) bond motifs is 1. The van der Waals surface area contributed by atoms with Crippen molar-refractivity contribution in [1.29, 1.82) is 0 Å². The van der Waals surface area contributed by atoms with E-state index in [1.165, 1.54) is 13.8 Å². The number of hydrogen-bond donors (Lipinski definition) is 2. The van der Waals surface area contributed by atoms with Gasteiger partial charge >= 0.3 is 0 Å². The molecule has 4 rings (SSSR count). The lowest BCUT2D eigenvalue weighted by atomic mass is 9.88. The van der Waals surface area contributed by atoms with Crippen molar-refractivity contribution in [3.05, 3.63) is 64.3 Å². The molecule has 0 aliphatic rings. The summed E-state index contributed by atoms with van der Waals surface area (Å²) in [6.07, 6.45) is 0. The average Bonchev–Trinajstić information content (AvgIpc) is 3.14. The number of halogens is 2. The molecule has 0 bridgehead atoms. The number of ketones is 1. The first-order chi connectivity index (χ1) is 17.2. The molecule has 0 unspecified atom stereocenters. The standard InChI is InChI=1S/C28H25BCl2N2O4/c1-27(2,3)24(34)23-22(33-26(35)28(4,5)36)19-13-18(14-6-9-16(30)10-7-14)21(32-25(19)37-23)17-11-8-15(29)12-20(17)31/h6-13,36H,1-5H3,(H,33,35). The second kappa shape index (κ2) is 9.64. The highest BCUT2D eigenvalue weighted by molar-refractivity contribution is 6.38. The van der Waals surface area contributed by atoms with E-state index in [9.17, 15) is 14.7 Å². The highest BCUT2D eigenvalue weighted by Crippen LogP contribution is 2.41. The number of aliphatic hydroxyl groups is 1. The second-order valence-electron chi connectivity index (χ2n) is 10.4. The van der Waals surface area contributed by atoms with E-state index in [2.05, 4.69) is 5.32 Å². The van der Waals surface area contributed by atoms with Gasteiger partial charge in [-0.3, -0.25) is 9.59 Å². The number of carbonyl (C=O) groups excluding carboxylic acids is 2. The minimum absolute atomic E-state index is 0.0600. The Morgan fingerprint density at radius 3 is 2.19 bits per heavy atom. The first-order valence-electron chi connectivity index (χ1n) is 11.5. The lowest BCUT2D eigenvalue weighted by molar-refractivity contribution is -0.130. The fourth-order valence-electron chi connectivity index (χ4n) is 3.69. The topological polar surface area (TPSA) is 92.4 Å². The van der Waals surface area contributed by atoms with E-state index in [1.54, 1.807) is 57.2 Å². The van der Waals surface area contributed by atoms with Crippen molar-refractivity contribution in [2.24, 2.45) is 5.41 Å². The number of carbonyl (C=O) groups is 2. The maximum atomic E-state index is 13.3. The lowest BCUT2D eigenvalue weighted by Crippen LogP contribution is -2.37. The van der Waals surface area contributed by atoms with Gasteiger partial charge in [-0.05, 0) is 43.7 Å². The van der Waals surface area contributed by atoms with Crippen LogP contribution >= 0.6 is 23.2 Å². The number of rotatable bonds is 5. The van der Waals surface area contributed by atoms with Crippen molar-refractivity contribution in [2.75, 3.05) is 5.32 Å². The molecule has 0 saturated heterocycles. The molecule has 188 valence electrons. The van der Waals surface area contributed by atoms with Gasteiger partial charge in [0.2, 0.25) is 11.5 Å². The van der Waals surface area contributed by atoms with E-state index in [0.29, 0.717) is 37.7 Å². The van der Waals surface area contributed by atoms with Crippen LogP contribution in [0.3, 0.4) is 0 Å². The van der Waals surface area contributed by atoms with Crippen LogP contribution in [0.5, 0.6) is 0 Å². The summed E-state index contributed by atoms with van der Waals surface area (Å²) < 4.78 is 5.99. The average molecular weight is 535 g/mol. The van der Waals surface area contributed by atoms with Gasteiger partial charge in [0.15, 0.2) is 5.76 Å². The van der Waals surface area contributed by atoms with E-state index in [0.717, 1.165) is 5.56 Å². The SMILES string of the molecule is [B]c1ccc(-c2nc3oc(C(=O)C(C)(C)C)c(NC(=O)C(C)(C)O)c3cc2-c2ccc(Cl)cc2)c(Cl)c1. The molecule has 0 atom stereocenters. The summed E-state index contributed by atoms with van der Waals surface area (Å²) >= 11 is 12.7. The van der Waals surface area contributed by atoms with Gasteiger partial charge in [-0.15, -0.1) is 0 Å². The number of amides is 1. The summed E-state index contributed by atoms with van der Waals surface area (Å²) in [7, 11) is 5.90. The highest BCUT2D eigenvalue weighted by Gasteiger charge is 2.34. The fraction of sp³-hybridized carbons (Fsp3) is 0.250. The van der Waals surface area contributed by atoms with Crippen LogP contribution < -0.4 is 10.8 Å². The first-order valence-corrected chi connectivity index (χ1v) is 12.3. The van der Waals surface area contributed by atoms with Crippen molar-refractivity contribution in [2.45, 2.75) is 40.2 Å². The summed E-state index contributed by atoms with van der Waals surface area (Å²) in [5, 5.41) is 14.3. The monoisotopic (exact) mass is 534 g/mol. The lowest BCUT2D eigenvalue weighted by Gasteiger charge is -2.19. The van der Waals surface area contributed by atoms with E-state index in [1.807, 2.05) is 12.1 Å². The van der Waals surface area contributed by atoms with Crippen LogP contribution in [-0.4, -0.2) is 35.2 Å². The summed E-state index contributed by atoms with van der Waals surface area (Å²) in [4.78, 5) is 30.9. The molecule has 0 aliphatic heterocycles. The Morgan fingerprint density at radius 2 is 1.62 bits per heavy atom. The van der Waals surface area contributed by atoms with E-state index < -0.39 is 16.9 Å². The van der Waals surface area contributed by atoms with Crippen molar-refractivity contribution >= 4 is 65.0 Å². The van der Waals surface area contributed by atoms with E-state index >= 15 is 0 Å². The Hall–Kier alpha value is -3.13. The summed E-state index contributed by atoms with van der Waals surface area (Å²) in [5.74, 6) is -1.09. The molecule has 9 heteroatoms. The largest absolute Gasteiger partial charge is 0.432 e. The predicted molar refractivity (Wildman–Crippen MR) is 149 cm³/mol. The quantitative estimate of drug-likeness (QED) is 0.235. The van der Waals surface area contributed by atoms with E-state index in [4.69, 9.17) is 40.4 Å². The highest BCUT2D eigenvalue weighted by atomic mass is 35.5. The summed E-state index contributed by atoms with van der Waals surface area (Å²) in [5.41, 5.74) is 0.763. The third-order valence-corrected chi connectivity index (χ3v) is 6.33. The molecular weight excluding hydrogens is 510 g/mol. The number of furan rings is 1. The maximum Gasteiger partial charge on any atom is 0.255 e. The number of hydrogen-bond acceptors (Lipinski definition) is 5. The van der Waals surface area contributed by atoms with Gasteiger partial charge in [0.25, 0.3) is 5.91 Å². The van der Waals surface area contributed by atoms with Gasteiger partial charge < -0.3 is 14.8 Å². The molecule has 2 radical (unpaired) electrons. The zero-order valence-electron chi connectivity index (χ0n) is 21.1. The molecule has 0 fully saturated rings. The van der Waals surface area contributed by atoms with Crippen LogP contribution in [0.2, 0.25) is 10.0 Å². The molecule has 2 aromatic heterocycles. The smallest absolute Gasteiger partial charge is 0.255 e. The molecule has 6 nitrogen and oxygen atoms in total. The van der Waals surface area contributed by atoms with Crippen LogP contribution in [0.15, 0.2) is 52.9 Å². The third-order valence-electron chi connectivity index (χ3n) is 5.77. The van der Waals surface area contributed by atoms with Crippen LogP contribution in [0.25, 0.3) is 33.5 Å². The zero-order chi connectivity index (χ0) is 27.3. The molecular formula is C28H25BCl2N2O4. The molecule has 2 N–H and O–H groups in total. The molecule has 2 heterocycles. The second-order valence-corrected chi connectivity index (χ2v) is 11.2. The van der Waals surface area contributed by atoms with Crippen molar-refractivity contribution in [1.82, 2.24) is 4.98 Å². The molecule has 4 aromatic rings. The molecule has 0 spiro atoms. The first kappa shape index (κ1) is 26.9. The molecule has 1 amide bonds. The Balaban J connectivity index is 2.07. The Labute approximate surface area is 226 Å². The van der Waals surface area contributed by atoms with Crippen molar-refractivity contribution in [3.63, 3.8) is 0 Å². The van der Waals surface area contributed by atoms with Crippen LogP contribution in [0, 0.1) is 5.41 Å². The van der Waals surface area contributed by atoms with Gasteiger partial charge in [-0.2, -0.15) is 0 Å². The number of pyridine rings is 1. The van der Waals surface area contributed by atoms with Crippen LogP contribution in [0.4, 0.5) is 5.69 Å². The summed E-state index contributed by atoms with van der Waals surface area (Å²) in [6.45, 7) is 7.95. The molecule has 0 saturated carbocycles. The number of nitrogens with zero attached hydrogens (tertiary/aromatic N) is 1. The fourth-order valence-corrected chi connectivity index (χ4v) is 4.10. The van der Waals surface area contributed by atoms with E-state index in [-0.39, 0.29) is 22.9 Å². The van der Waals surface area contributed by atoms with Gasteiger partial charge in [0.05, 0.1) is 11.1 Å². The Morgan fingerprint density at radius 1 is 0.973 bits per heavy atom. The Kier molecular flexibility index (Phi) is 7.01. The summed E-state index contributed by atoms with van der Waals surface area (Å²) in [6, 6.07) is 14.0. The Bertz CT molecular complexity index is 1530. The van der Waals surface area contributed by atoms with Crippen molar-refractivity contribution < 1.29 is 19.1 Å². The molecule has 37 heavy (non-hydrogen) atoms. The van der Waals surface area contributed by atoms with Crippen LogP contribution in [0.1, 0.15) is 45.2 Å². The van der Waals surface area contributed by atoms with Crippen LogP contribution in [-0.2, 0) is 4.79 Å². The van der Waals surface area contributed by atoms with Gasteiger partial charge in [-0.25, -0.2) is 4.98 Å². The predicted octanol–water partition coefficient (Wildman–Crippen LogP) is 6.20. The van der Waals surface area contributed by atoms with Gasteiger partial charge in [0, 0.05) is 26.6 Å². The maximum absolute atomic E-state index is 13.3. The number of benzene rings is 2. The molecule has 2 aromatic carbocycles. The zero-order valence-corrected chi connectivity index (χ0v) is 22.6. The van der Waals surface area contributed by atoms with Gasteiger partial charge in [-0.1, -0.05) is 73.7 Å². The van der Waals surface area contributed by atoms with Crippen molar-refractivity contribution in [3.8, 4) is 22.4 Å². The van der Waals surface area contributed by atoms with Gasteiger partial charge in [0.1, 0.15) is 19.1 Å². The normalized spacial score (nSPS) is 12.1. The molecule has 0 aliphatic carbocycles. The number of aromatic nitrogens is 1. The third kappa shape index (κ3) is 5.44.